The first-order chi connectivity index (χ1) is 16.2. The molecule has 0 unspecified atom stereocenters. The fourth-order valence-corrected chi connectivity index (χ4v) is 4.34. The number of carbonyl (C=O) groups excluding carboxylic acids is 3. The zero-order valence-electron chi connectivity index (χ0n) is 19.0. The number of pyridine rings is 1. The smallest absolute Gasteiger partial charge is 0.261 e. The van der Waals surface area contributed by atoms with E-state index in [4.69, 9.17) is 11.6 Å². The van der Waals surface area contributed by atoms with Gasteiger partial charge in [0.15, 0.2) is 0 Å². The molecule has 3 amide bonds. The molecule has 8 heteroatoms. The van der Waals surface area contributed by atoms with Crippen molar-refractivity contribution in [1.29, 1.82) is 0 Å². The predicted molar refractivity (Wildman–Crippen MR) is 127 cm³/mol. The molecule has 2 heterocycles. The Balaban J connectivity index is 1.80. The van der Waals surface area contributed by atoms with Crippen LogP contribution in [0.15, 0.2) is 54.7 Å². The van der Waals surface area contributed by atoms with Gasteiger partial charge < -0.3 is 4.90 Å². The molecule has 0 N–H and O–H groups in total. The van der Waals surface area contributed by atoms with Gasteiger partial charge in [-0.2, -0.15) is 0 Å². The lowest BCUT2D eigenvalue weighted by Crippen LogP contribution is -2.37. The van der Waals surface area contributed by atoms with E-state index in [9.17, 15) is 18.8 Å². The van der Waals surface area contributed by atoms with E-state index < -0.39 is 17.6 Å². The van der Waals surface area contributed by atoms with Crippen molar-refractivity contribution in [2.75, 3.05) is 6.54 Å². The summed E-state index contributed by atoms with van der Waals surface area (Å²) in [5, 5.41) is 0.306. The summed E-state index contributed by atoms with van der Waals surface area (Å²) in [5.41, 5.74) is 2.06. The van der Waals surface area contributed by atoms with Crippen LogP contribution in [0.2, 0.25) is 5.02 Å². The summed E-state index contributed by atoms with van der Waals surface area (Å²) in [6, 6.07) is 12.1. The Hall–Kier alpha value is -3.58. The van der Waals surface area contributed by atoms with Crippen molar-refractivity contribution in [2.24, 2.45) is 0 Å². The predicted octanol–water partition coefficient (Wildman–Crippen LogP) is 5.21. The molecule has 0 fully saturated rings. The van der Waals surface area contributed by atoms with E-state index in [2.05, 4.69) is 4.98 Å². The van der Waals surface area contributed by atoms with Crippen molar-refractivity contribution >= 4 is 29.3 Å². The van der Waals surface area contributed by atoms with Gasteiger partial charge in [-0.05, 0) is 56.7 Å². The molecule has 0 atom stereocenters. The van der Waals surface area contributed by atoms with Crippen LogP contribution in [0.4, 0.5) is 4.39 Å². The molecular weight excluding hydrogens is 457 g/mol. The van der Waals surface area contributed by atoms with Crippen LogP contribution < -0.4 is 0 Å². The van der Waals surface area contributed by atoms with Gasteiger partial charge in [-0.25, -0.2) is 4.39 Å². The monoisotopic (exact) mass is 479 g/mol. The first kappa shape index (κ1) is 23.6. The summed E-state index contributed by atoms with van der Waals surface area (Å²) in [5.74, 6) is -1.73. The Morgan fingerprint density at radius 3 is 2.26 bits per heavy atom. The lowest BCUT2D eigenvalue weighted by molar-refractivity contribution is 0.0638. The zero-order valence-corrected chi connectivity index (χ0v) is 19.8. The van der Waals surface area contributed by atoms with Gasteiger partial charge in [0.05, 0.1) is 34.0 Å². The third kappa shape index (κ3) is 4.19. The van der Waals surface area contributed by atoms with Crippen molar-refractivity contribution in [3.8, 4) is 11.1 Å². The van der Waals surface area contributed by atoms with Gasteiger partial charge in [0.25, 0.3) is 17.7 Å². The molecule has 3 aromatic rings. The minimum atomic E-state index is -0.552. The minimum absolute atomic E-state index is 0.0936. The molecule has 1 aromatic heterocycles. The van der Waals surface area contributed by atoms with E-state index in [1.54, 1.807) is 35.2 Å². The van der Waals surface area contributed by atoms with Crippen LogP contribution >= 0.6 is 11.6 Å². The number of rotatable bonds is 6. The van der Waals surface area contributed by atoms with Crippen LogP contribution in [-0.4, -0.2) is 45.1 Å². The molecule has 4 rings (SSSR count). The molecule has 174 valence electrons. The highest BCUT2D eigenvalue weighted by atomic mass is 35.5. The summed E-state index contributed by atoms with van der Waals surface area (Å²) < 4.78 is 14.2. The SMILES string of the molecule is CCN(C(=O)c1cc(F)ccc1-c1cc(Cl)cnc1CN1C(=O)c2ccccc2C1=O)C(C)C. The van der Waals surface area contributed by atoms with Crippen LogP contribution in [0.1, 0.15) is 57.5 Å². The van der Waals surface area contributed by atoms with Crippen LogP contribution in [-0.2, 0) is 6.54 Å². The molecule has 0 saturated heterocycles. The highest BCUT2D eigenvalue weighted by molar-refractivity contribution is 6.30. The Kier molecular flexibility index (Phi) is 6.48. The van der Waals surface area contributed by atoms with Gasteiger partial charge in [0.1, 0.15) is 5.82 Å². The molecule has 0 bridgehead atoms. The molecule has 2 aromatic carbocycles. The summed E-state index contributed by atoms with van der Waals surface area (Å²) in [6.45, 7) is 5.95. The van der Waals surface area contributed by atoms with E-state index >= 15 is 0 Å². The molecule has 0 radical (unpaired) electrons. The number of imide groups is 1. The van der Waals surface area contributed by atoms with Crippen molar-refractivity contribution in [3.63, 3.8) is 0 Å². The third-order valence-electron chi connectivity index (χ3n) is 5.85. The average Bonchev–Trinajstić information content (AvgIpc) is 3.05. The summed E-state index contributed by atoms with van der Waals surface area (Å²) in [6.07, 6.45) is 1.41. The number of fused-ring (bicyclic) bond motifs is 1. The van der Waals surface area contributed by atoms with Crippen LogP contribution in [0.25, 0.3) is 11.1 Å². The first-order valence-corrected chi connectivity index (χ1v) is 11.3. The van der Waals surface area contributed by atoms with Gasteiger partial charge in [-0.3, -0.25) is 24.3 Å². The number of hydrogen-bond donors (Lipinski definition) is 0. The quantitative estimate of drug-likeness (QED) is 0.455. The van der Waals surface area contributed by atoms with Crippen molar-refractivity contribution in [2.45, 2.75) is 33.4 Å². The van der Waals surface area contributed by atoms with Gasteiger partial charge in [-0.1, -0.05) is 29.8 Å². The van der Waals surface area contributed by atoms with Gasteiger partial charge in [0, 0.05) is 24.3 Å². The Labute approximate surface area is 202 Å². The second kappa shape index (κ2) is 9.35. The lowest BCUT2D eigenvalue weighted by atomic mass is 9.96. The van der Waals surface area contributed by atoms with Crippen molar-refractivity contribution < 1.29 is 18.8 Å². The number of hydrogen-bond acceptors (Lipinski definition) is 4. The first-order valence-electron chi connectivity index (χ1n) is 10.9. The lowest BCUT2D eigenvalue weighted by Gasteiger charge is -2.26. The Bertz CT molecular complexity index is 1270. The number of amides is 3. The second-order valence-electron chi connectivity index (χ2n) is 8.26. The van der Waals surface area contributed by atoms with Gasteiger partial charge >= 0.3 is 0 Å². The number of aromatic nitrogens is 1. The Morgan fingerprint density at radius 1 is 1.03 bits per heavy atom. The molecule has 6 nitrogen and oxygen atoms in total. The molecule has 34 heavy (non-hydrogen) atoms. The zero-order chi connectivity index (χ0) is 24.6. The van der Waals surface area contributed by atoms with Crippen molar-refractivity contribution in [3.05, 3.63) is 88.0 Å². The van der Waals surface area contributed by atoms with Crippen LogP contribution in [0, 0.1) is 5.82 Å². The number of halogens is 2. The van der Waals surface area contributed by atoms with Crippen LogP contribution in [0.3, 0.4) is 0 Å². The number of carbonyl (C=O) groups is 3. The van der Waals surface area contributed by atoms with E-state index in [0.29, 0.717) is 39.5 Å². The second-order valence-corrected chi connectivity index (χ2v) is 8.70. The maximum Gasteiger partial charge on any atom is 0.261 e. The molecule has 0 aliphatic carbocycles. The number of benzene rings is 2. The molecular formula is C26H23ClFN3O3. The largest absolute Gasteiger partial charge is 0.336 e. The molecule has 0 spiro atoms. The highest BCUT2D eigenvalue weighted by Crippen LogP contribution is 2.33. The summed E-state index contributed by atoms with van der Waals surface area (Å²) in [4.78, 5) is 46.2. The summed E-state index contributed by atoms with van der Waals surface area (Å²) >= 11 is 6.24. The normalized spacial score (nSPS) is 12.9. The fraction of sp³-hybridized carbons (Fsp3) is 0.231. The van der Waals surface area contributed by atoms with E-state index in [0.717, 1.165) is 4.90 Å². The average molecular weight is 480 g/mol. The van der Waals surface area contributed by atoms with Crippen LogP contribution in [0.5, 0.6) is 0 Å². The minimum Gasteiger partial charge on any atom is -0.336 e. The van der Waals surface area contributed by atoms with E-state index in [1.165, 1.54) is 24.4 Å². The molecule has 0 saturated carbocycles. The third-order valence-corrected chi connectivity index (χ3v) is 6.06. The Morgan fingerprint density at radius 2 is 1.68 bits per heavy atom. The maximum atomic E-state index is 14.2. The van der Waals surface area contributed by atoms with Gasteiger partial charge in [0.2, 0.25) is 0 Å². The van der Waals surface area contributed by atoms with Gasteiger partial charge in [-0.15, -0.1) is 0 Å². The van der Waals surface area contributed by atoms with E-state index in [-0.39, 0.29) is 24.1 Å². The fourth-order valence-electron chi connectivity index (χ4n) is 4.19. The summed E-state index contributed by atoms with van der Waals surface area (Å²) in [7, 11) is 0. The maximum absolute atomic E-state index is 14.2. The molecule has 1 aliphatic rings. The highest BCUT2D eigenvalue weighted by Gasteiger charge is 2.36. The standard InChI is InChI=1S/C26H23ClFN3O3/c1-4-30(15(2)3)26(34)22-12-17(28)9-10-18(22)21-11-16(27)13-29-23(21)14-31-24(32)19-7-5-6-8-20(19)25(31)33/h5-13,15H,4,14H2,1-3H3. The van der Waals surface area contributed by atoms with Crippen molar-refractivity contribution in [1.82, 2.24) is 14.8 Å². The van der Waals surface area contributed by atoms with E-state index in [1.807, 2.05) is 20.8 Å². The topological polar surface area (TPSA) is 70.6 Å². The molecule has 1 aliphatic heterocycles. The number of nitrogens with zero attached hydrogens (tertiary/aromatic N) is 3.